The van der Waals surface area contributed by atoms with Crippen LogP contribution in [0.2, 0.25) is 0 Å². The van der Waals surface area contributed by atoms with Crippen molar-refractivity contribution in [1.29, 1.82) is 0 Å². The zero-order valence-electron chi connectivity index (χ0n) is 4.90. The fraction of sp³-hybridized carbons (Fsp3) is 0. The Kier molecular flexibility index (Phi) is 1.28. The summed E-state index contributed by atoms with van der Waals surface area (Å²) >= 11 is 2.64. The third-order valence-corrected chi connectivity index (χ3v) is 2.66. The fourth-order valence-corrected chi connectivity index (χ4v) is 2.15. The Bertz CT molecular complexity index is 403. The standard InChI is InChI=1S/C6H3NOS2/c8-6-4-1-2-9-5(4)7-3-10-6/h1-3H. The van der Waals surface area contributed by atoms with Crippen LogP contribution in [0.5, 0.6) is 0 Å². The van der Waals surface area contributed by atoms with Crippen molar-refractivity contribution in [2.75, 3.05) is 0 Å². The number of hydrogen-bond donors (Lipinski definition) is 0. The van der Waals surface area contributed by atoms with Crippen molar-refractivity contribution >= 4 is 32.9 Å². The van der Waals surface area contributed by atoms with Gasteiger partial charge < -0.3 is 0 Å². The van der Waals surface area contributed by atoms with E-state index in [0.29, 0.717) is 0 Å². The van der Waals surface area contributed by atoms with Gasteiger partial charge in [-0.25, -0.2) is 4.98 Å². The first-order chi connectivity index (χ1) is 4.88. The van der Waals surface area contributed by atoms with Gasteiger partial charge in [0.2, 0.25) is 4.74 Å². The van der Waals surface area contributed by atoms with E-state index < -0.39 is 0 Å². The molecule has 2 heterocycles. The van der Waals surface area contributed by atoms with Crippen molar-refractivity contribution in [3.8, 4) is 0 Å². The van der Waals surface area contributed by atoms with E-state index in [9.17, 15) is 4.79 Å². The highest BCUT2D eigenvalue weighted by Crippen LogP contribution is 2.13. The summed E-state index contributed by atoms with van der Waals surface area (Å²) in [6.45, 7) is 0. The van der Waals surface area contributed by atoms with Gasteiger partial charge in [-0.15, -0.1) is 11.3 Å². The maximum absolute atomic E-state index is 11.0. The lowest BCUT2D eigenvalue weighted by Gasteiger charge is -1.80. The van der Waals surface area contributed by atoms with Gasteiger partial charge in [0, 0.05) is 0 Å². The molecule has 0 amide bonds. The Balaban J connectivity index is 3.09. The van der Waals surface area contributed by atoms with E-state index in [1.807, 2.05) is 11.4 Å². The molecule has 0 saturated heterocycles. The number of nitrogens with zero attached hydrogens (tertiary/aromatic N) is 1. The summed E-state index contributed by atoms with van der Waals surface area (Å²) in [6, 6.07) is 1.81. The first kappa shape index (κ1) is 6.00. The summed E-state index contributed by atoms with van der Waals surface area (Å²) in [7, 11) is 0. The lowest BCUT2D eigenvalue weighted by Crippen LogP contribution is -1.91. The molecule has 0 N–H and O–H groups in total. The zero-order chi connectivity index (χ0) is 6.97. The van der Waals surface area contributed by atoms with Crippen LogP contribution in [0, 0.1) is 0 Å². The summed E-state index contributed by atoms with van der Waals surface area (Å²) in [5.74, 6) is 0. The van der Waals surface area contributed by atoms with Crippen LogP contribution < -0.4 is 4.74 Å². The molecule has 0 aliphatic rings. The predicted octanol–water partition coefficient (Wildman–Crippen LogP) is 1.72. The average Bonchev–Trinajstić information content (AvgIpc) is 2.36. The van der Waals surface area contributed by atoms with E-state index in [1.165, 1.54) is 11.3 Å². The maximum Gasteiger partial charge on any atom is 0.244 e. The van der Waals surface area contributed by atoms with Crippen LogP contribution in [0.15, 0.2) is 21.8 Å². The highest BCUT2D eigenvalue weighted by Gasteiger charge is 1.97. The number of rotatable bonds is 0. The topological polar surface area (TPSA) is 30.0 Å². The lowest BCUT2D eigenvalue weighted by molar-refractivity contribution is 1.51. The maximum atomic E-state index is 11.0. The normalized spacial score (nSPS) is 10.4. The van der Waals surface area contributed by atoms with Crippen molar-refractivity contribution in [3.63, 3.8) is 0 Å². The van der Waals surface area contributed by atoms with Crippen molar-refractivity contribution in [3.05, 3.63) is 26.5 Å². The molecule has 4 heteroatoms. The van der Waals surface area contributed by atoms with E-state index in [2.05, 4.69) is 4.98 Å². The minimum Gasteiger partial charge on any atom is -0.277 e. The molecule has 0 spiro atoms. The van der Waals surface area contributed by atoms with Gasteiger partial charge in [0.05, 0.1) is 10.9 Å². The minimum absolute atomic E-state index is 0.103. The number of thiophene rings is 1. The predicted molar refractivity (Wildman–Crippen MR) is 43.8 cm³/mol. The van der Waals surface area contributed by atoms with Gasteiger partial charge in [-0.05, 0) is 11.4 Å². The van der Waals surface area contributed by atoms with E-state index in [1.54, 1.807) is 5.51 Å². The summed E-state index contributed by atoms with van der Waals surface area (Å²) in [4.78, 5) is 15.9. The average molecular weight is 169 g/mol. The first-order valence-electron chi connectivity index (χ1n) is 2.69. The van der Waals surface area contributed by atoms with Crippen LogP contribution >= 0.6 is 22.7 Å². The Hall–Kier alpha value is -0.740. The third kappa shape index (κ3) is 0.767. The van der Waals surface area contributed by atoms with Crippen LogP contribution in [-0.2, 0) is 0 Å². The van der Waals surface area contributed by atoms with Gasteiger partial charge in [0.25, 0.3) is 0 Å². The van der Waals surface area contributed by atoms with Gasteiger partial charge in [-0.2, -0.15) is 0 Å². The minimum atomic E-state index is 0.103. The molecular weight excluding hydrogens is 166 g/mol. The molecule has 0 aliphatic carbocycles. The first-order valence-corrected chi connectivity index (χ1v) is 4.45. The summed E-state index contributed by atoms with van der Waals surface area (Å²) in [5.41, 5.74) is 1.58. The van der Waals surface area contributed by atoms with Crippen molar-refractivity contribution in [2.45, 2.75) is 0 Å². The van der Waals surface area contributed by atoms with Crippen LogP contribution in [0.1, 0.15) is 0 Å². The van der Waals surface area contributed by atoms with Crippen LogP contribution in [0.4, 0.5) is 0 Å². The highest BCUT2D eigenvalue weighted by molar-refractivity contribution is 7.17. The second-order valence-electron chi connectivity index (χ2n) is 1.78. The van der Waals surface area contributed by atoms with Gasteiger partial charge in [-0.3, -0.25) is 4.79 Å². The molecule has 50 valence electrons. The Morgan fingerprint density at radius 1 is 1.40 bits per heavy atom. The van der Waals surface area contributed by atoms with E-state index >= 15 is 0 Å². The molecular formula is C6H3NOS2. The number of hydrogen-bond acceptors (Lipinski definition) is 4. The third-order valence-electron chi connectivity index (χ3n) is 1.19. The zero-order valence-corrected chi connectivity index (χ0v) is 6.54. The molecule has 0 atom stereocenters. The van der Waals surface area contributed by atoms with Gasteiger partial charge in [-0.1, -0.05) is 11.3 Å². The quantitative estimate of drug-likeness (QED) is 0.601. The number of aromatic nitrogens is 1. The van der Waals surface area contributed by atoms with Gasteiger partial charge in [0.1, 0.15) is 4.83 Å². The van der Waals surface area contributed by atoms with Gasteiger partial charge in [0.15, 0.2) is 0 Å². The second kappa shape index (κ2) is 2.14. The summed E-state index contributed by atoms with van der Waals surface area (Å²) in [6.07, 6.45) is 0. The van der Waals surface area contributed by atoms with E-state index in [0.717, 1.165) is 21.6 Å². The Morgan fingerprint density at radius 3 is 3.10 bits per heavy atom. The fourth-order valence-electron chi connectivity index (χ4n) is 0.742. The molecule has 0 unspecified atom stereocenters. The van der Waals surface area contributed by atoms with E-state index in [4.69, 9.17) is 0 Å². The van der Waals surface area contributed by atoms with Crippen molar-refractivity contribution in [2.24, 2.45) is 0 Å². The molecule has 2 nitrogen and oxygen atoms in total. The molecule has 2 aromatic heterocycles. The largest absolute Gasteiger partial charge is 0.277 e. The van der Waals surface area contributed by atoms with Crippen molar-refractivity contribution < 1.29 is 0 Å². The SMILES string of the molecule is O=c1scnc2sccc12. The van der Waals surface area contributed by atoms with Crippen LogP contribution in [0.3, 0.4) is 0 Å². The number of fused-ring (bicyclic) bond motifs is 1. The molecule has 0 radical (unpaired) electrons. The highest BCUT2D eigenvalue weighted by atomic mass is 32.1. The smallest absolute Gasteiger partial charge is 0.244 e. The molecule has 2 rings (SSSR count). The summed E-state index contributed by atoms with van der Waals surface area (Å²) < 4.78 is 0.103. The summed E-state index contributed by atoms with van der Waals surface area (Å²) in [5, 5.41) is 2.63. The second-order valence-corrected chi connectivity index (χ2v) is 3.49. The Labute approximate surface area is 64.8 Å². The van der Waals surface area contributed by atoms with Crippen LogP contribution in [-0.4, -0.2) is 4.98 Å². The molecule has 0 aromatic carbocycles. The lowest BCUT2D eigenvalue weighted by atomic mass is 10.5. The molecule has 2 aromatic rings. The van der Waals surface area contributed by atoms with Crippen molar-refractivity contribution in [1.82, 2.24) is 4.98 Å². The Morgan fingerprint density at radius 2 is 2.30 bits per heavy atom. The van der Waals surface area contributed by atoms with E-state index in [-0.39, 0.29) is 4.74 Å². The van der Waals surface area contributed by atoms with Gasteiger partial charge >= 0.3 is 0 Å². The molecule has 0 saturated carbocycles. The molecule has 0 fully saturated rings. The monoisotopic (exact) mass is 169 g/mol. The molecule has 0 bridgehead atoms. The molecule has 0 aliphatic heterocycles. The molecule has 10 heavy (non-hydrogen) atoms. The van der Waals surface area contributed by atoms with Crippen LogP contribution in [0.25, 0.3) is 10.2 Å².